The summed E-state index contributed by atoms with van der Waals surface area (Å²) in [5.41, 5.74) is 4.51. The van der Waals surface area contributed by atoms with Gasteiger partial charge in [-0.3, -0.25) is 10.4 Å². The lowest BCUT2D eigenvalue weighted by Crippen LogP contribution is -2.25. The Kier molecular flexibility index (Phi) is 2.61. The highest BCUT2D eigenvalue weighted by Gasteiger charge is 1.99. The molecule has 1 aliphatic heterocycles. The molecule has 0 radical (unpaired) electrons. The van der Waals surface area contributed by atoms with Gasteiger partial charge >= 0.3 is 0 Å². The lowest BCUT2D eigenvalue weighted by Gasteiger charge is -2.17. The molecule has 5 nitrogen and oxygen atoms in total. The average molecular weight is 199 g/mol. The average Bonchev–Trinajstić information content (AvgIpc) is 2.31. The van der Waals surface area contributed by atoms with Crippen molar-refractivity contribution in [1.29, 1.82) is 5.26 Å². The van der Waals surface area contributed by atoms with E-state index in [2.05, 4.69) is 21.6 Å². The molecule has 1 aromatic rings. The van der Waals surface area contributed by atoms with Gasteiger partial charge in [0.25, 0.3) is 0 Å². The van der Waals surface area contributed by atoms with E-state index in [4.69, 9.17) is 5.26 Å². The van der Waals surface area contributed by atoms with Crippen molar-refractivity contribution in [2.45, 2.75) is 0 Å². The summed E-state index contributed by atoms with van der Waals surface area (Å²) in [6.07, 6.45) is 3.31. The first-order chi connectivity index (χ1) is 7.38. The number of hydrogen-bond acceptors (Lipinski definition) is 5. The molecule has 0 fully saturated rings. The maximum atomic E-state index is 8.62. The van der Waals surface area contributed by atoms with Crippen LogP contribution in [0, 0.1) is 11.3 Å². The predicted octanol–water partition coefficient (Wildman–Crippen LogP) is 1.21. The van der Waals surface area contributed by atoms with E-state index in [1.165, 1.54) is 5.12 Å². The zero-order chi connectivity index (χ0) is 10.5. The number of anilines is 1. The van der Waals surface area contributed by atoms with Crippen LogP contribution in [0.1, 0.15) is 5.56 Å². The molecule has 74 valence electrons. The Balaban J connectivity index is 2.05. The van der Waals surface area contributed by atoms with Gasteiger partial charge in [0.1, 0.15) is 6.34 Å². The molecule has 5 heteroatoms. The Morgan fingerprint density at radius 2 is 2.13 bits per heavy atom. The number of benzene rings is 1. The van der Waals surface area contributed by atoms with Crippen LogP contribution in [0.3, 0.4) is 0 Å². The molecule has 0 bridgehead atoms. The quantitative estimate of drug-likeness (QED) is 0.778. The van der Waals surface area contributed by atoms with Gasteiger partial charge in [0.2, 0.25) is 0 Å². The molecule has 0 spiro atoms. The lowest BCUT2D eigenvalue weighted by molar-refractivity contribution is 0.544. The Hall–Kier alpha value is -2.35. The fourth-order valence-electron chi connectivity index (χ4n) is 1.14. The maximum Gasteiger partial charge on any atom is 0.130 e. The van der Waals surface area contributed by atoms with Crippen molar-refractivity contribution < 1.29 is 0 Å². The van der Waals surface area contributed by atoms with Crippen molar-refractivity contribution in [2.75, 3.05) is 12.0 Å². The van der Waals surface area contributed by atoms with Crippen LogP contribution in [0.25, 0.3) is 0 Å². The van der Waals surface area contributed by atoms with Crippen LogP contribution in [-0.2, 0) is 0 Å². The van der Waals surface area contributed by atoms with E-state index in [0.29, 0.717) is 12.1 Å². The van der Waals surface area contributed by atoms with Crippen LogP contribution in [-0.4, -0.2) is 24.2 Å². The topological polar surface area (TPSA) is 63.8 Å². The Bertz CT molecular complexity index is 414. The molecule has 1 aromatic carbocycles. The minimum absolute atomic E-state index is 0.617. The number of hydrazine groups is 1. The summed E-state index contributed by atoms with van der Waals surface area (Å²) >= 11 is 0. The molecule has 1 N–H and O–H groups in total. The summed E-state index contributed by atoms with van der Waals surface area (Å²) in [7, 11) is 0. The second-order valence-corrected chi connectivity index (χ2v) is 2.92. The smallest absolute Gasteiger partial charge is 0.130 e. The molecule has 0 amide bonds. The Morgan fingerprint density at radius 3 is 2.73 bits per heavy atom. The molecule has 0 atom stereocenters. The van der Waals surface area contributed by atoms with E-state index in [1.807, 2.05) is 12.1 Å². The van der Waals surface area contributed by atoms with Gasteiger partial charge in [-0.1, -0.05) is 0 Å². The molecule has 0 aliphatic carbocycles. The van der Waals surface area contributed by atoms with Crippen molar-refractivity contribution >= 4 is 18.2 Å². The number of rotatable bonds is 2. The van der Waals surface area contributed by atoms with Crippen LogP contribution in [0.2, 0.25) is 0 Å². The van der Waals surface area contributed by atoms with E-state index in [1.54, 1.807) is 24.7 Å². The van der Waals surface area contributed by atoms with Gasteiger partial charge < -0.3 is 0 Å². The van der Waals surface area contributed by atoms with Gasteiger partial charge in [0.15, 0.2) is 0 Å². The summed E-state index contributed by atoms with van der Waals surface area (Å²) in [6.45, 7) is 0.617. The SMILES string of the molecule is N#Cc1ccc(NN2C=NCC=N2)cc1. The van der Waals surface area contributed by atoms with Crippen LogP contribution < -0.4 is 5.43 Å². The predicted molar refractivity (Wildman–Crippen MR) is 58.5 cm³/mol. The number of nitrogens with one attached hydrogen (secondary N) is 1. The van der Waals surface area contributed by atoms with E-state index < -0.39 is 0 Å². The minimum Gasteiger partial charge on any atom is -0.277 e. The van der Waals surface area contributed by atoms with Crippen molar-refractivity contribution in [3.8, 4) is 6.07 Å². The first-order valence-electron chi connectivity index (χ1n) is 4.47. The third-order valence-electron chi connectivity index (χ3n) is 1.84. The summed E-state index contributed by atoms with van der Waals surface area (Å²) in [5.74, 6) is 0. The van der Waals surface area contributed by atoms with Gasteiger partial charge in [-0.25, -0.2) is 0 Å². The second-order valence-electron chi connectivity index (χ2n) is 2.92. The minimum atomic E-state index is 0.617. The molecule has 2 rings (SSSR count). The number of nitriles is 1. The number of aliphatic imine (C=N–C) groups is 1. The van der Waals surface area contributed by atoms with Crippen LogP contribution in [0.15, 0.2) is 34.4 Å². The maximum absolute atomic E-state index is 8.62. The summed E-state index contributed by atoms with van der Waals surface area (Å²) in [5, 5.41) is 14.2. The Morgan fingerprint density at radius 1 is 1.33 bits per heavy atom. The second kappa shape index (κ2) is 4.24. The zero-order valence-corrected chi connectivity index (χ0v) is 7.96. The highest BCUT2D eigenvalue weighted by atomic mass is 15.7. The standard InChI is InChI=1S/C10H9N5/c11-7-9-1-3-10(4-2-9)14-15-8-12-5-6-13-15/h1-4,6,8,14H,5H2. The molecule has 0 aromatic heterocycles. The first-order valence-corrected chi connectivity index (χ1v) is 4.47. The molecule has 0 saturated carbocycles. The normalized spacial score (nSPS) is 13.7. The fourth-order valence-corrected chi connectivity index (χ4v) is 1.14. The van der Waals surface area contributed by atoms with Gasteiger partial charge in [-0.2, -0.15) is 15.5 Å². The molecular weight excluding hydrogens is 190 g/mol. The lowest BCUT2D eigenvalue weighted by atomic mass is 10.2. The molecule has 15 heavy (non-hydrogen) atoms. The van der Waals surface area contributed by atoms with Gasteiger partial charge in [-0.05, 0) is 24.3 Å². The number of nitrogens with zero attached hydrogens (tertiary/aromatic N) is 4. The van der Waals surface area contributed by atoms with Crippen molar-refractivity contribution in [3.05, 3.63) is 29.8 Å². The van der Waals surface area contributed by atoms with Crippen LogP contribution in [0.5, 0.6) is 0 Å². The number of hydrogen-bond donors (Lipinski definition) is 1. The highest BCUT2D eigenvalue weighted by molar-refractivity contribution is 5.70. The molecule has 0 saturated heterocycles. The third-order valence-corrected chi connectivity index (χ3v) is 1.84. The van der Waals surface area contributed by atoms with Gasteiger partial charge in [0.05, 0.1) is 23.9 Å². The van der Waals surface area contributed by atoms with Crippen molar-refractivity contribution in [1.82, 2.24) is 5.12 Å². The van der Waals surface area contributed by atoms with Crippen molar-refractivity contribution in [3.63, 3.8) is 0 Å². The van der Waals surface area contributed by atoms with E-state index in [-0.39, 0.29) is 0 Å². The highest BCUT2D eigenvalue weighted by Crippen LogP contribution is 2.09. The summed E-state index contributed by atoms with van der Waals surface area (Å²) < 4.78 is 0. The fraction of sp³-hybridized carbons (Fsp3) is 0.100. The van der Waals surface area contributed by atoms with Crippen LogP contribution in [0.4, 0.5) is 5.69 Å². The number of hydrazone groups is 1. The van der Waals surface area contributed by atoms with Crippen LogP contribution >= 0.6 is 0 Å². The van der Waals surface area contributed by atoms with Gasteiger partial charge in [0, 0.05) is 6.21 Å². The summed E-state index contributed by atoms with van der Waals surface area (Å²) in [4.78, 5) is 4.03. The molecule has 1 heterocycles. The summed E-state index contributed by atoms with van der Waals surface area (Å²) in [6, 6.07) is 9.18. The largest absolute Gasteiger partial charge is 0.277 e. The van der Waals surface area contributed by atoms with E-state index in [0.717, 1.165) is 5.69 Å². The molecule has 0 unspecified atom stereocenters. The zero-order valence-electron chi connectivity index (χ0n) is 7.96. The van der Waals surface area contributed by atoms with Crippen molar-refractivity contribution in [2.24, 2.45) is 10.1 Å². The monoisotopic (exact) mass is 199 g/mol. The third kappa shape index (κ3) is 2.31. The van der Waals surface area contributed by atoms with E-state index >= 15 is 0 Å². The first kappa shape index (κ1) is 9.21. The molecule has 1 aliphatic rings. The Labute approximate surface area is 87.3 Å². The van der Waals surface area contributed by atoms with Gasteiger partial charge in [-0.15, -0.1) is 0 Å². The molecular formula is C10H9N5. The van der Waals surface area contributed by atoms with E-state index in [9.17, 15) is 0 Å².